The summed E-state index contributed by atoms with van der Waals surface area (Å²) in [6.45, 7) is 0.383. The Morgan fingerprint density at radius 2 is 1.97 bits per heavy atom. The highest BCUT2D eigenvalue weighted by molar-refractivity contribution is 5.93. The highest BCUT2D eigenvalue weighted by Gasteiger charge is 2.48. The molecule has 29 heavy (non-hydrogen) atoms. The average Bonchev–Trinajstić information content (AvgIpc) is 3.42. The van der Waals surface area contributed by atoms with Crippen LogP contribution in [-0.4, -0.2) is 73.2 Å². The van der Waals surface area contributed by atoms with Gasteiger partial charge in [-0.15, -0.1) is 5.10 Å². The largest absolute Gasteiger partial charge is 0.337 e. The molecule has 11 heteroatoms. The number of rotatable bonds is 4. The second-order valence-electron chi connectivity index (χ2n) is 7.31. The highest BCUT2D eigenvalue weighted by atomic mass is 19.3. The summed E-state index contributed by atoms with van der Waals surface area (Å²) in [4.78, 5) is 31.3. The maximum atomic E-state index is 14.0. The number of carbonyl (C=O) groups excluding carboxylic acids is 2. The van der Waals surface area contributed by atoms with Crippen LogP contribution in [0.25, 0.3) is 0 Å². The van der Waals surface area contributed by atoms with Gasteiger partial charge < -0.3 is 9.80 Å². The fourth-order valence-electron chi connectivity index (χ4n) is 3.76. The molecule has 2 aromatic rings. The summed E-state index contributed by atoms with van der Waals surface area (Å²) in [7, 11) is 0. The molecule has 1 unspecified atom stereocenters. The minimum Gasteiger partial charge on any atom is -0.337 e. The van der Waals surface area contributed by atoms with Crippen LogP contribution in [0.4, 0.5) is 13.2 Å². The van der Waals surface area contributed by atoms with Crippen molar-refractivity contribution in [3.05, 3.63) is 41.7 Å². The van der Waals surface area contributed by atoms with Gasteiger partial charge in [-0.1, -0.05) is 5.21 Å². The van der Waals surface area contributed by atoms with Gasteiger partial charge in [-0.2, -0.15) is 0 Å². The van der Waals surface area contributed by atoms with E-state index < -0.39 is 42.3 Å². The zero-order chi connectivity index (χ0) is 20.6. The molecule has 0 aliphatic carbocycles. The van der Waals surface area contributed by atoms with Gasteiger partial charge >= 0.3 is 0 Å². The number of likely N-dealkylation sites (tertiary alicyclic amines) is 2. The molecule has 2 amide bonds. The predicted molar refractivity (Wildman–Crippen MR) is 93.7 cm³/mol. The monoisotopic (exact) mass is 408 g/mol. The topological polar surface area (TPSA) is 84.2 Å². The summed E-state index contributed by atoms with van der Waals surface area (Å²) in [6.07, 6.45) is 3.88. The van der Waals surface area contributed by atoms with Gasteiger partial charge in [0.2, 0.25) is 0 Å². The van der Waals surface area contributed by atoms with E-state index in [2.05, 4.69) is 15.3 Å². The first-order chi connectivity index (χ1) is 13.8. The Bertz CT molecular complexity index is 928. The molecule has 2 saturated heterocycles. The maximum absolute atomic E-state index is 14.0. The number of pyridine rings is 1. The molecule has 8 nitrogen and oxygen atoms in total. The average molecular weight is 408 g/mol. The third kappa shape index (κ3) is 3.94. The second kappa shape index (κ2) is 7.45. The van der Waals surface area contributed by atoms with Crippen molar-refractivity contribution in [1.82, 2.24) is 29.8 Å². The first-order valence-corrected chi connectivity index (χ1v) is 9.33. The molecule has 1 atom stereocenters. The minimum absolute atomic E-state index is 0.0872. The van der Waals surface area contributed by atoms with Gasteiger partial charge in [-0.05, 0) is 25.0 Å². The Kier molecular flexibility index (Phi) is 4.97. The molecule has 4 heterocycles. The first-order valence-electron chi connectivity index (χ1n) is 9.33. The summed E-state index contributed by atoms with van der Waals surface area (Å²) in [6, 6.07) is 1.43. The van der Waals surface area contributed by atoms with Crippen molar-refractivity contribution in [2.75, 3.05) is 19.6 Å². The number of hydrogen-bond acceptors (Lipinski definition) is 5. The molecule has 154 valence electrons. The summed E-state index contributed by atoms with van der Waals surface area (Å²) < 4.78 is 43.3. The van der Waals surface area contributed by atoms with Crippen LogP contribution in [0.15, 0.2) is 24.5 Å². The fourth-order valence-corrected chi connectivity index (χ4v) is 3.76. The molecular weight excluding hydrogens is 389 g/mol. The molecule has 0 spiro atoms. The van der Waals surface area contributed by atoms with Crippen LogP contribution in [0.3, 0.4) is 0 Å². The normalized spacial score (nSPS) is 21.0. The number of nitrogens with zero attached hydrogens (tertiary/aromatic N) is 6. The summed E-state index contributed by atoms with van der Waals surface area (Å²) in [5.74, 6) is -5.14. The van der Waals surface area contributed by atoms with Gasteiger partial charge in [0.15, 0.2) is 17.2 Å². The van der Waals surface area contributed by atoms with Gasteiger partial charge in [0.25, 0.3) is 17.7 Å². The van der Waals surface area contributed by atoms with E-state index in [9.17, 15) is 22.8 Å². The number of carbonyl (C=O) groups is 2. The van der Waals surface area contributed by atoms with E-state index in [0.717, 1.165) is 23.8 Å². The molecule has 2 aliphatic rings. The minimum atomic E-state index is -3.11. The lowest BCUT2D eigenvalue weighted by Gasteiger charge is -2.23. The van der Waals surface area contributed by atoms with Crippen molar-refractivity contribution in [2.24, 2.45) is 0 Å². The standard InChI is InChI=1S/C18H19F3N6O2/c19-13-4-3-5-22-15(13)17(29)27-11-18(20,21)8-12(27)9-26-10-14(23-24-26)16(28)25-6-1-2-7-25/h3-5,10,12H,1-2,6-9,11H2. The molecule has 0 radical (unpaired) electrons. The summed E-state index contributed by atoms with van der Waals surface area (Å²) in [5, 5.41) is 7.69. The number of aromatic nitrogens is 4. The van der Waals surface area contributed by atoms with Crippen LogP contribution in [0.2, 0.25) is 0 Å². The number of alkyl halides is 2. The zero-order valence-corrected chi connectivity index (χ0v) is 15.5. The molecule has 0 aromatic carbocycles. The SMILES string of the molecule is O=C(c1cn(CC2CC(F)(F)CN2C(=O)c2ncccc2F)nn1)N1CCCC1. The smallest absolute Gasteiger partial charge is 0.276 e. The highest BCUT2D eigenvalue weighted by Crippen LogP contribution is 2.33. The van der Waals surface area contributed by atoms with E-state index in [-0.39, 0.29) is 18.1 Å². The van der Waals surface area contributed by atoms with Gasteiger partial charge in [-0.3, -0.25) is 9.59 Å². The van der Waals surface area contributed by atoms with E-state index in [1.54, 1.807) is 4.90 Å². The van der Waals surface area contributed by atoms with Crippen LogP contribution in [0, 0.1) is 5.82 Å². The molecule has 2 aromatic heterocycles. The summed E-state index contributed by atoms with van der Waals surface area (Å²) >= 11 is 0. The molecule has 0 bridgehead atoms. The Morgan fingerprint density at radius 1 is 1.21 bits per heavy atom. The molecule has 2 aliphatic heterocycles. The second-order valence-corrected chi connectivity index (χ2v) is 7.31. The van der Waals surface area contributed by atoms with E-state index in [1.165, 1.54) is 23.1 Å². The predicted octanol–water partition coefficient (Wildman–Crippen LogP) is 1.60. The maximum Gasteiger partial charge on any atom is 0.276 e. The molecule has 0 saturated carbocycles. The van der Waals surface area contributed by atoms with Crippen LogP contribution in [0.5, 0.6) is 0 Å². The lowest BCUT2D eigenvalue weighted by atomic mass is 10.2. The molecule has 4 rings (SSSR count). The van der Waals surface area contributed by atoms with E-state index in [0.29, 0.717) is 13.1 Å². The van der Waals surface area contributed by atoms with Crippen LogP contribution < -0.4 is 0 Å². The zero-order valence-electron chi connectivity index (χ0n) is 15.5. The van der Waals surface area contributed by atoms with Crippen molar-refractivity contribution in [2.45, 2.75) is 37.8 Å². The number of hydrogen-bond donors (Lipinski definition) is 0. The van der Waals surface area contributed by atoms with Crippen molar-refractivity contribution < 1.29 is 22.8 Å². The van der Waals surface area contributed by atoms with Gasteiger partial charge in [0.1, 0.15) is 0 Å². The van der Waals surface area contributed by atoms with Crippen molar-refractivity contribution >= 4 is 11.8 Å². The fraction of sp³-hybridized carbons (Fsp3) is 0.500. The Morgan fingerprint density at radius 3 is 2.69 bits per heavy atom. The first kappa shape index (κ1) is 19.3. The quantitative estimate of drug-likeness (QED) is 0.767. The number of amides is 2. The third-order valence-corrected chi connectivity index (χ3v) is 5.15. The van der Waals surface area contributed by atoms with Crippen molar-refractivity contribution in [3.8, 4) is 0 Å². The van der Waals surface area contributed by atoms with Crippen LogP contribution in [-0.2, 0) is 6.54 Å². The Balaban J connectivity index is 1.51. The van der Waals surface area contributed by atoms with Crippen LogP contribution >= 0.6 is 0 Å². The van der Waals surface area contributed by atoms with Gasteiger partial charge in [-0.25, -0.2) is 22.8 Å². The van der Waals surface area contributed by atoms with E-state index >= 15 is 0 Å². The van der Waals surface area contributed by atoms with E-state index in [1.807, 2.05) is 0 Å². The lowest BCUT2D eigenvalue weighted by Crippen LogP contribution is -2.39. The van der Waals surface area contributed by atoms with Gasteiger partial charge in [0.05, 0.1) is 25.3 Å². The Labute approximate surface area is 164 Å². The number of halogens is 3. The Hall–Kier alpha value is -2.98. The molecular formula is C18H19F3N6O2. The van der Waals surface area contributed by atoms with Gasteiger partial charge in [0, 0.05) is 25.7 Å². The molecule has 0 N–H and O–H groups in total. The lowest BCUT2D eigenvalue weighted by molar-refractivity contribution is 0.0116. The van der Waals surface area contributed by atoms with Crippen LogP contribution in [0.1, 0.15) is 40.2 Å². The van der Waals surface area contributed by atoms with E-state index in [4.69, 9.17) is 0 Å². The third-order valence-electron chi connectivity index (χ3n) is 5.15. The van der Waals surface area contributed by atoms with Crippen molar-refractivity contribution in [3.63, 3.8) is 0 Å². The van der Waals surface area contributed by atoms with Crippen molar-refractivity contribution in [1.29, 1.82) is 0 Å². The molecule has 2 fully saturated rings. The summed E-state index contributed by atoms with van der Waals surface area (Å²) in [5.41, 5.74) is -0.371.